The topological polar surface area (TPSA) is 45.8 Å². The van der Waals surface area contributed by atoms with Gasteiger partial charge in [-0.05, 0) is 19.4 Å². The van der Waals surface area contributed by atoms with E-state index < -0.39 is 0 Å². The summed E-state index contributed by atoms with van der Waals surface area (Å²) in [5, 5.41) is 7.19. The molecule has 0 aliphatic carbocycles. The van der Waals surface area contributed by atoms with Crippen LogP contribution in [0.25, 0.3) is 11.3 Å². The summed E-state index contributed by atoms with van der Waals surface area (Å²) in [6, 6.07) is 12.0. The van der Waals surface area contributed by atoms with Crippen molar-refractivity contribution >= 4 is 5.78 Å². The van der Waals surface area contributed by atoms with Gasteiger partial charge in [0.15, 0.2) is 0 Å². The van der Waals surface area contributed by atoms with E-state index in [-0.39, 0.29) is 5.78 Å². The van der Waals surface area contributed by atoms with Crippen molar-refractivity contribution in [1.29, 1.82) is 0 Å². The van der Waals surface area contributed by atoms with Gasteiger partial charge in [-0.1, -0.05) is 30.3 Å². The molecule has 0 amide bonds. The fourth-order valence-corrected chi connectivity index (χ4v) is 1.56. The number of aryl methyl sites for hydroxylation is 1. The Balaban J connectivity index is 2.11. The summed E-state index contributed by atoms with van der Waals surface area (Å²) < 4.78 is 0. The standard InChI is InChI=1S/C13H14N2O/c1-10(16)7-8-12-9-13(15-14-12)11-5-3-2-4-6-11/h2-6,9H,7-8H2,1H3,(H,14,15). The molecule has 2 rings (SSSR count). The number of aromatic nitrogens is 2. The zero-order valence-corrected chi connectivity index (χ0v) is 9.23. The van der Waals surface area contributed by atoms with Crippen LogP contribution in [0.4, 0.5) is 0 Å². The summed E-state index contributed by atoms with van der Waals surface area (Å²) >= 11 is 0. The van der Waals surface area contributed by atoms with Crippen LogP contribution in [-0.2, 0) is 11.2 Å². The Morgan fingerprint density at radius 1 is 1.31 bits per heavy atom. The number of nitrogens with one attached hydrogen (secondary N) is 1. The van der Waals surface area contributed by atoms with Crippen molar-refractivity contribution in [1.82, 2.24) is 10.2 Å². The fourth-order valence-electron chi connectivity index (χ4n) is 1.56. The van der Waals surface area contributed by atoms with Gasteiger partial charge < -0.3 is 4.79 Å². The van der Waals surface area contributed by atoms with Crippen molar-refractivity contribution in [3.05, 3.63) is 42.1 Å². The second-order valence-electron chi connectivity index (χ2n) is 3.85. The van der Waals surface area contributed by atoms with Crippen LogP contribution in [0.1, 0.15) is 19.0 Å². The maximum atomic E-state index is 10.9. The monoisotopic (exact) mass is 214 g/mol. The van der Waals surface area contributed by atoms with Crippen LogP contribution in [0, 0.1) is 0 Å². The van der Waals surface area contributed by atoms with Crippen molar-refractivity contribution in [2.75, 3.05) is 0 Å². The molecule has 0 bridgehead atoms. The second-order valence-corrected chi connectivity index (χ2v) is 3.85. The molecule has 1 aromatic carbocycles. The van der Waals surface area contributed by atoms with E-state index in [0.717, 1.165) is 23.4 Å². The van der Waals surface area contributed by atoms with Crippen molar-refractivity contribution < 1.29 is 4.79 Å². The summed E-state index contributed by atoms with van der Waals surface area (Å²) in [6.07, 6.45) is 1.30. The van der Waals surface area contributed by atoms with E-state index in [1.165, 1.54) is 0 Å². The predicted molar refractivity (Wildman–Crippen MR) is 63.0 cm³/mol. The van der Waals surface area contributed by atoms with Crippen molar-refractivity contribution in [3.63, 3.8) is 0 Å². The summed E-state index contributed by atoms with van der Waals surface area (Å²) in [5.41, 5.74) is 3.03. The Morgan fingerprint density at radius 3 is 2.75 bits per heavy atom. The molecule has 2 aromatic rings. The SMILES string of the molecule is CC(=O)CCc1cc(-c2ccccc2)n[nH]1. The van der Waals surface area contributed by atoms with Gasteiger partial charge in [-0.15, -0.1) is 0 Å². The van der Waals surface area contributed by atoms with Gasteiger partial charge in [0.2, 0.25) is 0 Å². The number of rotatable bonds is 4. The molecular weight excluding hydrogens is 200 g/mol. The van der Waals surface area contributed by atoms with E-state index in [4.69, 9.17) is 0 Å². The van der Waals surface area contributed by atoms with Gasteiger partial charge in [-0.3, -0.25) is 5.10 Å². The molecule has 16 heavy (non-hydrogen) atoms. The van der Waals surface area contributed by atoms with Crippen LogP contribution in [-0.4, -0.2) is 16.0 Å². The number of ketones is 1. The largest absolute Gasteiger partial charge is 0.300 e. The molecule has 0 saturated heterocycles. The highest BCUT2D eigenvalue weighted by Crippen LogP contribution is 2.17. The quantitative estimate of drug-likeness (QED) is 0.850. The van der Waals surface area contributed by atoms with Gasteiger partial charge in [-0.2, -0.15) is 5.10 Å². The van der Waals surface area contributed by atoms with Crippen molar-refractivity contribution in [3.8, 4) is 11.3 Å². The number of hydrogen-bond donors (Lipinski definition) is 1. The number of nitrogens with zero attached hydrogens (tertiary/aromatic N) is 1. The van der Waals surface area contributed by atoms with Crippen LogP contribution >= 0.6 is 0 Å². The lowest BCUT2D eigenvalue weighted by Crippen LogP contribution is -1.93. The van der Waals surface area contributed by atoms with E-state index in [0.29, 0.717) is 6.42 Å². The zero-order valence-electron chi connectivity index (χ0n) is 9.23. The smallest absolute Gasteiger partial charge is 0.130 e. The molecule has 0 radical (unpaired) electrons. The third-order valence-electron chi connectivity index (χ3n) is 2.45. The summed E-state index contributed by atoms with van der Waals surface area (Å²) in [6.45, 7) is 1.61. The molecule has 1 heterocycles. The van der Waals surface area contributed by atoms with E-state index in [9.17, 15) is 4.79 Å². The van der Waals surface area contributed by atoms with Gasteiger partial charge in [0, 0.05) is 17.7 Å². The normalized spacial score (nSPS) is 10.3. The average molecular weight is 214 g/mol. The number of Topliss-reactive ketones (excluding diaryl/α,β-unsaturated/α-hetero) is 1. The van der Waals surface area contributed by atoms with Gasteiger partial charge in [0.1, 0.15) is 5.78 Å². The molecule has 3 nitrogen and oxygen atoms in total. The highest BCUT2D eigenvalue weighted by molar-refractivity contribution is 5.75. The van der Waals surface area contributed by atoms with Gasteiger partial charge >= 0.3 is 0 Å². The first-order valence-corrected chi connectivity index (χ1v) is 5.35. The second kappa shape index (κ2) is 4.75. The minimum Gasteiger partial charge on any atom is -0.300 e. The number of carbonyl (C=O) groups is 1. The van der Waals surface area contributed by atoms with Crippen LogP contribution in [0.3, 0.4) is 0 Å². The molecular formula is C13H14N2O. The number of H-pyrrole nitrogens is 1. The fraction of sp³-hybridized carbons (Fsp3) is 0.231. The van der Waals surface area contributed by atoms with Gasteiger partial charge in [0.05, 0.1) is 5.69 Å². The summed E-state index contributed by atoms with van der Waals surface area (Å²) in [5.74, 6) is 0.205. The van der Waals surface area contributed by atoms with Crippen molar-refractivity contribution in [2.45, 2.75) is 19.8 Å². The highest BCUT2D eigenvalue weighted by atomic mass is 16.1. The number of carbonyl (C=O) groups excluding carboxylic acids is 1. The van der Waals surface area contributed by atoms with Crippen LogP contribution in [0.5, 0.6) is 0 Å². The molecule has 0 atom stereocenters. The lowest BCUT2D eigenvalue weighted by Gasteiger charge is -1.93. The Morgan fingerprint density at radius 2 is 2.06 bits per heavy atom. The molecule has 0 aliphatic heterocycles. The highest BCUT2D eigenvalue weighted by Gasteiger charge is 2.03. The molecule has 0 unspecified atom stereocenters. The predicted octanol–water partition coefficient (Wildman–Crippen LogP) is 2.60. The van der Waals surface area contributed by atoms with E-state index >= 15 is 0 Å². The lowest BCUT2D eigenvalue weighted by atomic mass is 10.1. The Hall–Kier alpha value is -1.90. The Labute approximate surface area is 94.5 Å². The third-order valence-corrected chi connectivity index (χ3v) is 2.45. The molecule has 82 valence electrons. The Kier molecular flexibility index (Phi) is 3.15. The van der Waals surface area contributed by atoms with E-state index in [1.807, 2.05) is 36.4 Å². The molecule has 1 aromatic heterocycles. The minimum atomic E-state index is 0.205. The first-order chi connectivity index (χ1) is 7.75. The first kappa shape index (κ1) is 10.6. The molecule has 3 heteroatoms. The van der Waals surface area contributed by atoms with Crippen LogP contribution < -0.4 is 0 Å². The number of aromatic amines is 1. The number of benzene rings is 1. The molecule has 1 N–H and O–H groups in total. The maximum absolute atomic E-state index is 10.9. The lowest BCUT2D eigenvalue weighted by molar-refractivity contribution is -0.116. The van der Waals surface area contributed by atoms with Gasteiger partial charge in [0.25, 0.3) is 0 Å². The summed E-state index contributed by atoms with van der Waals surface area (Å²) in [7, 11) is 0. The molecule has 0 spiro atoms. The zero-order chi connectivity index (χ0) is 11.4. The Bertz CT molecular complexity index is 474. The van der Waals surface area contributed by atoms with E-state index in [2.05, 4.69) is 10.2 Å². The average Bonchev–Trinajstić information content (AvgIpc) is 2.76. The van der Waals surface area contributed by atoms with E-state index in [1.54, 1.807) is 6.92 Å². The van der Waals surface area contributed by atoms with Crippen molar-refractivity contribution in [2.24, 2.45) is 0 Å². The molecule has 0 saturated carbocycles. The number of hydrogen-bond acceptors (Lipinski definition) is 2. The maximum Gasteiger partial charge on any atom is 0.130 e. The van der Waals surface area contributed by atoms with Gasteiger partial charge in [-0.25, -0.2) is 0 Å². The first-order valence-electron chi connectivity index (χ1n) is 5.35. The van der Waals surface area contributed by atoms with Crippen LogP contribution in [0.15, 0.2) is 36.4 Å². The summed E-state index contributed by atoms with van der Waals surface area (Å²) in [4.78, 5) is 10.9. The minimum absolute atomic E-state index is 0.205. The molecule has 0 fully saturated rings. The van der Waals surface area contributed by atoms with Crippen LogP contribution in [0.2, 0.25) is 0 Å². The third kappa shape index (κ3) is 2.57. The molecule has 0 aliphatic rings.